The minimum Gasteiger partial charge on any atom is -0.451 e. The van der Waals surface area contributed by atoms with Crippen LogP contribution in [0.3, 0.4) is 0 Å². The highest BCUT2D eigenvalue weighted by molar-refractivity contribution is 6.31. The second-order valence-corrected chi connectivity index (χ2v) is 6.06. The Bertz CT molecular complexity index is 887. The third-order valence-corrected chi connectivity index (χ3v) is 4.18. The molecule has 0 aliphatic carbocycles. The number of H-pyrrole nitrogens is 1. The second-order valence-electron chi connectivity index (χ2n) is 5.66. The maximum atomic E-state index is 12.1. The molecule has 0 spiro atoms. The number of fused-ring (bicyclic) bond motifs is 1. The van der Waals surface area contributed by atoms with Crippen molar-refractivity contribution in [1.29, 1.82) is 0 Å². The van der Waals surface area contributed by atoms with Crippen LogP contribution in [0.25, 0.3) is 10.9 Å². The summed E-state index contributed by atoms with van der Waals surface area (Å²) in [5.41, 5.74) is 1.96. The number of carbonyl (C=O) groups excluding carboxylic acids is 2. The number of carbonyl (C=O) groups is 2. The number of para-hydroxylation sites is 1. The molecule has 0 fully saturated rings. The molecule has 0 saturated heterocycles. The summed E-state index contributed by atoms with van der Waals surface area (Å²) < 4.78 is 5.07. The molecule has 2 aromatic carbocycles. The smallest absolute Gasteiger partial charge is 0.355 e. The van der Waals surface area contributed by atoms with Crippen LogP contribution in [0.1, 0.15) is 29.0 Å². The molecule has 1 heterocycles. The minimum absolute atomic E-state index is 0.284. The van der Waals surface area contributed by atoms with Gasteiger partial charge in [-0.25, -0.2) is 4.79 Å². The lowest BCUT2D eigenvalue weighted by Crippen LogP contribution is -2.31. The molecule has 0 aliphatic rings. The normalized spacial score (nSPS) is 11.9. The molecule has 3 aromatic rings. The Morgan fingerprint density at radius 2 is 1.88 bits per heavy atom. The van der Waals surface area contributed by atoms with Crippen molar-refractivity contribution in [2.45, 2.75) is 13.0 Å². The van der Waals surface area contributed by atoms with Gasteiger partial charge in [0.15, 0.2) is 6.61 Å². The molecule has 6 heteroatoms. The van der Waals surface area contributed by atoms with Crippen molar-refractivity contribution in [1.82, 2.24) is 10.3 Å². The van der Waals surface area contributed by atoms with Gasteiger partial charge in [-0.3, -0.25) is 4.79 Å². The van der Waals surface area contributed by atoms with E-state index in [9.17, 15) is 9.59 Å². The summed E-state index contributed by atoms with van der Waals surface area (Å²) in [7, 11) is 0. The fourth-order valence-electron chi connectivity index (χ4n) is 2.58. The summed E-state index contributed by atoms with van der Waals surface area (Å²) in [5.74, 6) is -0.964. The van der Waals surface area contributed by atoms with Gasteiger partial charge < -0.3 is 15.0 Å². The van der Waals surface area contributed by atoms with Crippen LogP contribution in [-0.2, 0) is 9.53 Å². The van der Waals surface area contributed by atoms with E-state index in [2.05, 4.69) is 10.3 Å². The molecule has 0 saturated carbocycles. The fraction of sp³-hybridized carbons (Fsp3) is 0.158. The molecule has 1 amide bonds. The lowest BCUT2D eigenvalue weighted by molar-refractivity contribution is -0.124. The average Bonchev–Trinajstić information content (AvgIpc) is 3.04. The number of nitrogens with one attached hydrogen (secondary N) is 2. The lowest BCUT2D eigenvalue weighted by Gasteiger charge is -2.15. The first-order valence-corrected chi connectivity index (χ1v) is 8.21. The molecule has 5 nitrogen and oxygen atoms in total. The quantitative estimate of drug-likeness (QED) is 0.682. The van der Waals surface area contributed by atoms with Gasteiger partial charge in [0.2, 0.25) is 0 Å². The van der Waals surface area contributed by atoms with Crippen molar-refractivity contribution in [3.8, 4) is 0 Å². The number of amides is 1. The summed E-state index contributed by atoms with van der Waals surface area (Å²) in [6, 6.07) is 16.2. The van der Waals surface area contributed by atoms with E-state index in [1.807, 2.05) is 49.4 Å². The first-order chi connectivity index (χ1) is 12.0. The van der Waals surface area contributed by atoms with Gasteiger partial charge in [-0.15, -0.1) is 0 Å². The van der Waals surface area contributed by atoms with Crippen molar-refractivity contribution >= 4 is 34.4 Å². The first kappa shape index (κ1) is 17.0. The van der Waals surface area contributed by atoms with Crippen LogP contribution in [0.15, 0.2) is 54.6 Å². The van der Waals surface area contributed by atoms with Gasteiger partial charge >= 0.3 is 5.97 Å². The SMILES string of the molecule is C[C@@H](NC(=O)COC(=O)c1cc2ccccc2[nH]1)c1ccccc1Cl. The molecular weight excluding hydrogens is 340 g/mol. The summed E-state index contributed by atoms with van der Waals surface area (Å²) in [5, 5.41) is 4.24. The molecule has 1 aromatic heterocycles. The predicted molar refractivity (Wildman–Crippen MR) is 96.6 cm³/mol. The Morgan fingerprint density at radius 3 is 2.64 bits per heavy atom. The lowest BCUT2D eigenvalue weighted by atomic mass is 10.1. The van der Waals surface area contributed by atoms with Gasteiger partial charge in [0, 0.05) is 15.9 Å². The zero-order valence-electron chi connectivity index (χ0n) is 13.6. The minimum atomic E-state index is -0.572. The van der Waals surface area contributed by atoms with Crippen molar-refractivity contribution in [2.75, 3.05) is 6.61 Å². The number of hydrogen-bond donors (Lipinski definition) is 2. The van der Waals surface area contributed by atoms with E-state index < -0.39 is 11.9 Å². The number of aromatic nitrogens is 1. The maximum absolute atomic E-state index is 12.1. The van der Waals surface area contributed by atoms with Crippen LogP contribution in [0.2, 0.25) is 5.02 Å². The number of esters is 1. The second kappa shape index (κ2) is 7.40. The number of halogens is 1. The molecule has 25 heavy (non-hydrogen) atoms. The Morgan fingerprint density at radius 1 is 1.16 bits per heavy atom. The number of rotatable bonds is 5. The van der Waals surface area contributed by atoms with E-state index in [4.69, 9.17) is 16.3 Å². The topological polar surface area (TPSA) is 71.2 Å². The average molecular weight is 357 g/mol. The van der Waals surface area contributed by atoms with E-state index in [0.717, 1.165) is 16.5 Å². The largest absolute Gasteiger partial charge is 0.451 e. The molecule has 3 rings (SSSR count). The summed E-state index contributed by atoms with van der Waals surface area (Å²) in [6.45, 7) is 1.46. The summed E-state index contributed by atoms with van der Waals surface area (Å²) in [4.78, 5) is 27.0. The highest BCUT2D eigenvalue weighted by Crippen LogP contribution is 2.22. The molecule has 1 atom stereocenters. The Balaban J connectivity index is 1.56. The molecule has 0 unspecified atom stereocenters. The molecular formula is C19H17ClN2O3. The number of hydrogen-bond acceptors (Lipinski definition) is 3. The predicted octanol–water partition coefficient (Wildman–Crippen LogP) is 3.86. The maximum Gasteiger partial charge on any atom is 0.355 e. The Labute approximate surface area is 149 Å². The number of aromatic amines is 1. The van der Waals surface area contributed by atoms with Crippen LogP contribution in [0.5, 0.6) is 0 Å². The van der Waals surface area contributed by atoms with Crippen LogP contribution < -0.4 is 5.32 Å². The third kappa shape index (κ3) is 4.00. The molecule has 128 valence electrons. The highest BCUT2D eigenvalue weighted by Gasteiger charge is 2.15. The van der Waals surface area contributed by atoms with E-state index in [1.165, 1.54) is 0 Å². The number of benzene rings is 2. The van der Waals surface area contributed by atoms with Gasteiger partial charge in [0.25, 0.3) is 5.91 Å². The Kier molecular flexibility index (Phi) is 5.05. The first-order valence-electron chi connectivity index (χ1n) is 7.83. The van der Waals surface area contributed by atoms with E-state index >= 15 is 0 Å². The molecule has 0 bridgehead atoms. The van der Waals surface area contributed by atoms with Crippen LogP contribution >= 0.6 is 11.6 Å². The summed E-state index contributed by atoms with van der Waals surface area (Å²) >= 11 is 6.11. The van der Waals surface area contributed by atoms with Crippen molar-refractivity contribution in [3.05, 3.63) is 70.9 Å². The van der Waals surface area contributed by atoms with Gasteiger partial charge in [-0.05, 0) is 30.7 Å². The molecule has 0 radical (unpaired) electrons. The van der Waals surface area contributed by atoms with E-state index in [0.29, 0.717) is 10.7 Å². The fourth-order valence-corrected chi connectivity index (χ4v) is 2.88. The highest BCUT2D eigenvalue weighted by atomic mass is 35.5. The number of ether oxygens (including phenoxy) is 1. The van der Waals surface area contributed by atoms with Crippen molar-refractivity contribution in [2.24, 2.45) is 0 Å². The monoisotopic (exact) mass is 356 g/mol. The summed E-state index contributed by atoms with van der Waals surface area (Å²) in [6.07, 6.45) is 0. The third-order valence-electron chi connectivity index (χ3n) is 3.83. The standard InChI is InChI=1S/C19H17ClN2O3/c1-12(14-7-3-4-8-15(14)20)21-18(23)11-25-19(24)17-10-13-6-2-5-9-16(13)22-17/h2-10,12,22H,11H2,1H3,(H,21,23)/t12-/m1/s1. The van der Waals surface area contributed by atoms with Crippen molar-refractivity contribution < 1.29 is 14.3 Å². The van der Waals surface area contributed by atoms with Gasteiger partial charge in [0.1, 0.15) is 5.69 Å². The van der Waals surface area contributed by atoms with Gasteiger partial charge in [0.05, 0.1) is 6.04 Å². The molecule has 2 N–H and O–H groups in total. The van der Waals surface area contributed by atoms with Crippen molar-refractivity contribution in [3.63, 3.8) is 0 Å². The zero-order chi connectivity index (χ0) is 17.8. The van der Waals surface area contributed by atoms with E-state index in [-0.39, 0.29) is 12.6 Å². The van der Waals surface area contributed by atoms with E-state index in [1.54, 1.807) is 12.1 Å². The van der Waals surface area contributed by atoms with Crippen LogP contribution in [0.4, 0.5) is 0 Å². The van der Waals surface area contributed by atoms with Crippen LogP contribution in [0, 0.1) is 0 Å². The van der Waals surface area contributed by atoms with Gasteiger partial charge in [-0.2, -0.15) is 0 Å². The van der Waals surface area contributed by atoms with Crippen LogP contribution in [-0.4, -0.2) is 23.5 Å². The Hall–Kier alpha value is -2.79. The molecule has 0 aliphatic heterocycles. The zero-order valence-corrected chi connectivity index (χ0v) is 14.3. The van der Waals surface area contributed by atoms with Gasteiger partial charge in [-0.1, -0.05) is 48.0 Å².